The maximum atomic E-state index is 11.4. The molecule has 0 saturated carbocycles. The molecular formula is C10H11N3O3. The Morgan fingerprint density at radius 3 is 3.00 bits per heavy atom. The number of esters is 1. The van der Waals surface area contributed by atoms with Gasteiger partial charge in [0.15, 0.2) is 11.3 Å². The van der Waals surface area contributed by atoms with Crippen molar-refractivity contribution in [3.8, 4) is 0 Å². The number of nitrogens with one attached hydrogen (secondary N) is 1. The van der Waals surface area contributed by atoms with Crippen molar-refractivity contribution in [1.82, 2.24) is 14.8 Å². The minimum Gasteiger partial charge on any atom is -0.461 e. The Balaban J connectivity index is 2.55. The van der Waals surface area contributed by atoms with Crippen molar-refractivity contribution in [2.45, 2.75) is 6.92 Å². The van der Waals surface area contributed by atoms with Crippen LogP contribution in [0.5, 0.6) is 0 Å². The predicted molar refractivity (Wildman–Crippen MR) is 57.3 cm³/mol. The largest absolute Gasteiger partial charge is 0.461 e. The third kappa shape index (κ3) is 1.58. The molecule has 0 radical (unpaired) electrons. The Morgan fingerprint density at radius 1 is 1.56 bits per heavy atom. The number of carbonyl (C=O) groups is 1. The molecule has 0 spiro atoms. The summed E-state index contributed by atoms with van der Waals surface area (Å²) in [5.74, 6) is -0.488. The van der Waals surface area contributed by atoms with E-state index in [0.717, 1.165) is 0 Å². The van der Waals surface area contributed by atoms with E-state index in [1.54, 1.807) is 20.0 Å². The number of hydrogen-bond acceptors (Lipinski definition) is 4. The smallest absolute Gasteiger partial charge is 0.357 e. The first-order valence-corrected chi connectivity index (χ1v) is 4.86. The van der Waals surface area contributed by atoms with Gasteiger partial charge in [0, 0.05) is 7.05 Å². The van der Waals surface area contributed by atoms with Gasteiger partial charge >= 0.3 is 5.97 Å². The van der Waals surface area contributed by atoms with Crippen LogP contribution in [0.2, 0.25) is 0 Å². The van der Waals surface area contributed by atoms with Crippen LogP contribution in [0.1, 0.15) is 17.4 Å². The second-order valence-corrected chi connectivity index (χ2v) is 3.29. The molecule has 6 heteroatoms. The van der Waals surface area contributed by atoms with E-state index in [4.69, 9.17) is 4.74 Å². The van der Waals surface area contributed by atoms with Gasteiger partial charge in [0.05, 0.1) is 12.0 Å². The number of hydrogen-bond donors (Lipinski definition) is 1. The molecule has 0 aliphatic rings. The summed E-state index contributed by atoms with van der Waals surface area (Å²) in [4.78, 5) is 26.9. The maximum absolute atomic E-state index is 11.4. The molecule has 0 bridgehead atoms. The molecule has 2 aromatic heterocycles. The average molecular weight is 221 g/mol. The second kappa shape index (κ2) is 3.80. The Kier molecular flexibility index (Phi) is 2.47. The molecule has 16 heavy (non-hydrogen) atoms. The number of fused-ring (bicyclic) bond motifs is 1. The number of H-pyrrole nitrogens is 1. The lowest BCUT2D eigenvalue weighted by molar-refractivity contribution is 0.0520. The Hall–Kier alpha value is -2.11. The van der Waals surface area contributed by atoms with Crippen LogP contribution in [0.3, 0.4) is 0 Å². The molecule has 0 aromatic carbocycles. The van der Waals surface area contributed by atoms with Crippen molar-refractivity contribution >= 4 is 17.0 Å². The number of pyridine rings is 1. The molecule has 2 rings (SSSR count). The van der Waals surface area contributed by atoms with Crippen molar-refractivity contribution in [1.29, 1.82) is 0 Å². The van der Waals surface area contributed by atoms with Crippen molar-refractivity contribution < 1.29 is 9.53 Å². The Bertz CT molecular complexity index is 597. The Labute approximate surface area is 90.8 Å². The van der Waals surface area contributed by atoms with Crippen molar-refractivity contribution in [3.05, 3.63) is 28.2 Å². The highest BCUT2D eigenvalue weighted by atomic mass is 16.5. The summed E-state index contributed by atoms with van der Waals surface area (Å²) < 4.78 is 6.30. The highest BCUT2D eigenvalue weighted by Crippen LogP contribution is 2.07. The summed E-state index contributed by atoms with van der Waals surface area (Å²) in [5, 5.41) is 3.01. The molecule has 2 aromatic rings. The number of aromatic nitrogens is 3. The van der Waals surface area contributed by atoms with Crippen LogP contribution < -0.4 is 5.56 Å². The lowest BCUT2D eigenvalue weighted by atomic mass is 10.3. The summed E-state index contributed by atoms with van der Waals surface area (Å²) in [6.45, 7) is 2.02. The van der Waals surface area contributed by atoms with Crippen LogP contribution >= 0.6 is 0 Å². The van der Waals surface area contributed by atoms with Gasteiger partial charge in [-0.25, -0.2) is 9.78 Å². The minimum absolute atomic E-state index is 0.198. The quantitative estimate of drug-likeness (QED) is 0.746. The topological polar surface area (TPSA) is 77.0 Å². The first-order chi connectivity index (χ1) is 7.63. The van der Waals surface area contributed by atoms with Gasteiger partial charge in [-0.3, -0.25) is 14.6 Å². The third-order valence-electron chi connectivity index (χ3n) is 2.19. The van der Waals surface area contributed by atoms with Crippen LogP contribution in [-0.2, 0) is 11.8 Å². The standard InChI is InChI=1S/C10H11N3O3/c1-3-16-10(15)7-5-4-6-8(11-7)13(2)12-9(6)14/h4-5H,3H2,1-2H3,(H,12,14). The summed E-state index contributed by atoms with van der Waals surface area (Å²) in [5.41, 5.74) is 0.417. The highest BCUT2D eigenvalue weighted by Gasteiger charge is 2.12. The van der Waals surface area contributed by atoms with Crippen LogP contribution in [0.25, 0.3) is 11.0 Å². The number of carbonyl (C=O) groups excluding carboxylic acids is 1. The number of aryl methyl sites for hydroxylation is 1. The van der Waals surface area contributed by atoms with Gasteiger partial charge in [-0.15, -0.1) is 0 Å². The lowest BCUT2D eigenvalue weighted by Gasteiger charge is -2.00. The fourth-order valence-corrected chi connectivity index (χ4v) is 1.47. The van der Waals surface area contributed by atoms with Crippen molar-refractivity contribution in [2.75, 3.05) is 6.61 Å². The number of ether oxygens (including phenoxy) is 1. The zero-order chi connectivity index (χ0) is 11.7. The maximum Gasteiger partial charge on any atom is 0.357 e. The average Bonchev–Trinajstić information content (AvgIpc) is 2.55. The summed E-state index contributed by atoms with van der Waals surface area (Å²) in [6.07, 6.45) is 0. The summed E-state index contributed by atoms with van der Waals surface area (Å²) >= 11 is 0. The van der Waals surface area contributed by atoms with Crippen molar-refractivity contribution in [3.63, 3.8) is 0 Å². The molecule has 2 heterocycles. The summed E-state index contributed by atoms with van der Waals surface area (Å²) in [6, 6.07) is 3.04. The molecular weight excluding hydrogens is 210 g/mol. The lowest BCUT2D eigenvalue weighted by Crippen LogP contribution is -2.07. The van der Waals surface area contributed by atoms with E-state index in [1.165, 1.54) is 10.7 Å². The normalized spacial score (nSPS) is 10.6. The number of nitrogens with zero attached hydrogens (tertiary/aromatic N) is 2. The molecule has 0 fully saturated rings. The highest BCUT2D eigenvalue weighted by molar-refractivity contribution is 5.90. The van der Waals surface area contributed by atoms with Gasteiger partial charge in [-0.2, -0.15) is 0 Å². The first kappa shape index (κ1) is 10.4. The third-order valence-corrected chi connectivity index (χ3v) is 2.19. The van der Waals surface area contributed by atoms with Gasteiger partial charge in [0.2, 0.25) is 0 Å². The van der Waals surface area contributed by atoms with E-state index in [0.29, 0.717) is 17.6 Å². The van der Waals surface area contributed by atoms with E-state index in [1.807, 2.05) is 0 Å². The molecule has 0 unspecified atom stereocenters. The van der Waals surface area contributed by atoms with Crippen LogP contribution in [0.15, 0.2) is 16.9 Å². The van der Waals surface area contributed by atoms with Gasteiger partial charge in [-0.05, 0) is 19.1 Å². The molecule has 0 atom stereocenters. The zero-order valence-electron chi connectivity index (χ0n) is 8.98. The molecule has 0 aliphatic heterocycles. The predicted octanol–water partition coefficient (Wildman–Crippen LogP) is 0.438. The molecule has 1 N–H and O–H groups in total. The zero-order valence-corrected chi connectivity index (χ0v) is 8.98. The second-order valence-electron chi connectivity index (χ2n) is 3.29. The summed E-state index contributed by atoms with van der Waals surface area (Å²) in [7, 11) is 1.66. The SMILES string of the molecule is CCOC(=O)c1ccc2c(=O)[nH]n(C)c2n1. The molecule has 0 aliphatic carbocycles. The fraction of sp³-hybridized carbons (Fsp3) is 0.300. The van der Waals surface area contributed by atoms with Crippen molar-refractivity contribution in [2.24, 2.45) is 7.05 Å². The number of rotatable bonds is 2. The number of aromatic amines is 1. The van der Waals surface area contributed by atoms with E-state index in [2.05, 4.69) is 10.1 Å². The van der Waals surface area contributed by atoms with E-state index in [-0.39, 0.29) is 11.3 Å². The molecule has 0 saturated heterocycles. The van der Waals surface area contributed by atoms with Gasteiger partial charge < -0.3 is 4.74 Å². The Morgan fingerprint density at radius 2 is 2.31 bits per heavy atom. The fourth-order valence-electron chi connectivity index (χ4n) is 1.47. The monoisotopic (exact) mass is 221 g/mol. The van der Waals surface area contributed by atoms with Crippen LogP contribution in [0.4, 0.5) is 0 Å². The van der Waals surface area contributed by atoms with Gasteiger partial charge in [0.25, 0.3) is 5.56 Å². The van der Waals surface area contributed by atoms with E-state index in [9.17, 15) is 9.59 Å². The molecule has 0 amide bonds. The van der Waals surface area contributed by atoms with Crippen LogP contribution in [0, 0.1) is 0 Å². The minimum atomic E-state index is -0.488. The first-order valence-electron chi connectivity index (χ1n) is 4.86. The van der Waals surface area contributed by atoms with E-state index < -0.39 is 5.97 Å². The molecule has 84 valence electrons. The van der Waals surface area contributed by atoms with Gasteiger partial charge in [-0.1, -0.05) is 0 Å². The van der Waals surface area contributed by atoms with Crippen LogP contribution in [-0.4, -0.2) is 27.3 Å². The van der Waals surface area contributed by atoms with E-state index >= 15 is 0 Å². The molecule has 6 nitrogen and oxygen atoms in total. The van der Waals surface area contributed by atoms with Gasteiger partial charge in [0.1, 0.15) is 0 Å².